The molecule has 5 nitrogen and oxygen atoms in total. The van der Waals surface area contributed by atoms with Gasteiger partial charge in [0.2, 0.25) is 0 Å². The molecular weight excluding hydrogens is 433 g/mol. The van der Waals surface area contributed by atoms with Crippen molar-refractivity contribution in [3.05, 3.63) is 89.2 Å². The average molecular weight is 462 g/mol. The first-order valence-corrected chi connectivity index (χ1v) is 11.6. The molecular formula is C28H28FNO4. The minimum atomic E-state index is -0.860. The van der Waals surface area contributed by atoms with E-state index in [4.69, 9.17) is 0 Å². The van der Waals surface area contributed by atoms with E-state index in [0.717, 1.165) is 24.0 Å². The van der Waals surface area contributed by atoms with Crippen LogP contribution in [0.4, 0.5) is 4.39 Å². The number of amides is 1. The summed E-state index contributed by atoms with van der Waals surface area (Å²) in [5.74, 6) is -1.97. The maximum absolute atomic E-state index is 14.6. The Morgan fingerprint density at radius 1 is 1.03 bits per heavy atom. The topological polar surface area (TPSA) is 86.6 Å². The van der Waals surface area contributed by atoms with Crippen molar-refractivity contribution in [2.75, 3.05) is 6.54 Å². The Hall–Kier alpha value is -3.67. The van der Waals surface area contributed by atoms with Crippen LogP contribution in [0.5, 0.6) is 5.75 Å². The van der Waals surface area contributed by atoms with Gasteiger partial charge in [0.05, 0.1) is 11.5 Å². The number of phenols is 1. The SMILES string of the molecule is O=C(NCCCC(Cc1ccccc1)C(=O)O)c1ccc(-c2ccc(C3CC3)cc2F)cc1O. The third kappa shape index (κ3) is 5.81. The number of aromatic hydroxyl groups is 1. The first kappa shape index (κ1) is 23.5. The molecule has 3 aromatic rings. The lowest BCUT2D eigenvalue weighted by atomic mass is 9.95. The summed E-state index contributed by atoms with van der Waals surface area (Å²) < 4.78 is 14.6. The summed E-state index contributed by atoms with van der Waals surface area (Å²) in [4.78, 5) is 24.1. The summed E-state index contributed by atoms with van der Waals surface area (Å²) in [7, 11) is 0. The molecule has 176 valence electrons. The average Bonchev–Trinajstić information content (AvgIpc) is 3.67. The van der Waals surface area contributed by atoms with Gasteiger partial charge in [0.15, 0.2) is 0 Å². The molecule has 0 aromatic heterocycles. The molecule has 3 aromatic carbocycles. The normalized spacial score (nSPS) is 13.9. The first-order chi connectivity index (χ1) is 16.4. The molecule has 0 bridgehead atoms. The number of aliphatic carboxylic acids is 1. The zero-order chi connectivity index (χ0) is 24.1. The van der Waals surface area contributed by atoms with Crippen molar-refractivity contribution >= 4 is 11.9 Å². The second-order valence-corrected chi connectivity index (χ2v) is 8.87. The Balaban J connectivity index is 1.32. The zero-order valence-electron chi connectivity index (χ0n) is 18.8. The number of carbonyl (C=O) groups is 2. The highest BCUT2D eigenvalue weighted by Gasteiger charge is 2.24. The molecule has 1 aliphatic carbocycles. The number of halogens is 1. The smallest absolute Gasteiger partial charge is 0.306 e. The molecule has 3 N–H and O–H groups in total. The van der Waals surface area contributed by atoms with E-state index in [1.807, 2.05) is 36.4 Å². The van der Waals surface area contributed by atoms with Gasteiger partial charge in [0, 0.05) is 12.1 Å². The zero-order valence-corrected chi connectivity index (χ0v) is 18.8. The summed E-state index contributed by atoms with van der Waals surface area (Å²) in [6, 6.07) is 19.1. The van der Waals surface area contributed by atoms with Gasteiger partial charge in [-0.2, -0.15) is 0 Å². The van der Waals surface area contributed by atoms with Crippen LogP contribution in [0.2, 0.25) is 0 Å². The first-order valence-electron chi connectivity index (χ1n) is 11.6. The minimum Gasteiger partial charge on any atom is -0.507 e. The summed E-state index contributed by atoms with van der Waals surface area (Å²) in [6.07, 6.45) is 3.53. The fourth-order valence-corrected chi connectivity index (χ4v) is 4.18. The molecule has 1 saturated carbocycles. The summed E-state index contributed by atoms with van der Waals surface area (Å²) in [6.45, 7) is 0.288. The van der Waals surface area contributed by atoms with Crippen molar-refractivity contribution in [3.8, 4) is 16.9 Å². The largest absolute Gasteiger partial charge is 0.507 e. The summed E-state index contributed by atoms with van der Waals surface area (Å²) >= 11 is 0. The minimum absolute atomic E-state index is 0.0952. The molecule has 1 fully saturated rings. The molecule has 0 spiro atoms. The van der Waals surface area contributed by atoms with Gasteiger partial charge in [-0.05, 0) is 72.9 Å². The van der Waals surface area contributed by atoms with E-state index in [0.29, 0.717) is 36.3 Å². The molecule has 1 aliphatic rings. The van der Waals surface area contributed by atoms with Gasteiger partial charge in [0.1, 0.15) is 11.6 Å². The molecule has 0 heterocycles. The number of benzene rings is 3. The molecule has 4 rings (SSSR count). The van der Waals surface area contributed by atoms with Crippen molar-refractivity contribution in [2.24, 2.45) is 5.92 Å². The van der Waals surface area contributed by atoms with Crippen LogP contribution in [0.25, 0.3) is 11.1 Å². The van der Waals surface area contributed by atoms with Gasteiger partial charge >= 0.3 is 5.97 Å². The standard InChI is InChI=1S/C28H28FNO4/c29-25-16-20(19-8-9-19)10-12-23(25)21-11-13-24(26(31)17-21)27(32)30-14-4-7-22(28(33)34)15-18-5-2-1-3-6-18/h1-3,5-6,10-13,16-17,19,22,31H,4,7-9,14-15H2,(H,30,32)(H,33,34). The van der Waals surface area contributed by atoms with E-state index in [1.165, 1.54) is 12.1 Å². The highest BCUT2D eigenvalue weighted by Crippen LogP contribution is 2.41. The molecule has 6 heteroatoms. The van der Waals surface area contributed by atoms with Gasteiger partial charge in [-0.1, -0.05) is 48.5 Å². The van der Waals surface area contributed by atoms with E-state index in [2.05, 4.69) is 5.32 Å². The van der Waals surface area contributed by atoms with Gasteiger partial charge in [-0.25, -0.2) is 4.39 Å². The molecule has 1 atom stereocenters. The van der Waals surface area contributed by atoms with Crippen LogP contribution in [-0.4, -0.2) is 28.6 Å². The number of carbonyl (C=O) groups excluding carboxylic acids is 1. The second-order valence-electron chi connectivity index (χ2n) is 8.87. The third-order valence-corrected chi connectivity index (χ3v) is 6.28. The predicted molar refractivity (Wildman–Crippen MR) is 128 cm³/mol. The highest BCUT2D eigenvalue weighted by molar-refractivity contribution is 5.97. The molecule has 1 amide bonds. The summed E-state index contributed by atoms with van der Waals surface area (Å²) in [5, 5.41) is 22.6. The fourth-order valence-electron chi connectivity index (χ4n) is 4.18. The van der Waals surface area contributed by atoms with Crippen LogP contribution >= 0.6 is 0 Å². The van der Waals surface area contributed by atoms with Crippen molar-refractivity contribution in [2.45, 2.75) is 38.0 Å². The second kappa shape index (κ2) is 10.5. The maximum atomic E-state index is 14.6. The number of rotatable bonds is 10. The van der Waals surface area contributed by atoms with Gasteiger partial charge in [-0.3, -0.25) is 9.59 Å². The number of carboxylic acid groups (broad SMARTS) is 1. The van der Waals surface area contributed by atoms with E-state index >= 15 is 0 Å². The Kier molecular flexibility index (Phi) is 7.26. The van der Waals surface area contributed by atoms with E-state index in [-0.39, 0.29) is 23.7 Å². The third-order valence-electron chi connectivity index (χ3n) is 6.28. The number of nitrogens with one attached hydrogen (secondary N) is 1. The summed E-state index contributed by atoms with van der Waals surface area (Å²) in [5.41, 5.74) is 2.93. The Morgan fingerprint density at radius 2 is 1.79 bits per heavy atom. The van der Waals surface area contributed by atoms with E-state index in [9.17, 15) is 24.2 Å². The predicted octanol–water partition coefficient (Wildman–Crippen LogP) is 5.53. The van der Waals surface area contributed by atoms with Crippen LogP contribution in [0, 0.1) is 11.7 Å². The number of hydrogen-bond acceptors (Lipinski definition) is 3. The van der Waals surface area contributed by atoms with Crippen molar-refractivity contribution in [1.82, 2.24) is 5.32 Å². The Bertz CT molecular complexity index is 1170. The van der Waals surface area contributed by atoms with Crippen molar-refractivity contribution in [3.63, 3.8) is 0 Å². The highest BCUT2D eigenvalue weighted by atomic mass is 19.1. The van der Waals surface area contributed by atoms with Gasteiger partial charge < -0.3 is 15.5 Å². The van der Waals surface area contributed by atoms with Gasteiger partial charge in [-0.15, -0.1) is 0 Å². The van der Waals surface area contributed by atoms with E-state index in [1.54, 1.807) is 18.2 Å². The molecule has 34 heavy (non-hydrogen) atoms. The van der Waals surface area contributed by atoms with Crippen LogP contribution in [0.15, 0.2) is 66.7 Å². The lowest BCUT2D eigenvalue weighted by Gasteiger charge is -2.13. The fraction of sp³-hybridized carbons (Fsp3) is 0.286. The lowest BCUT2D eigenvalue weighted by molar-refractivity contribution is -0.141. The monoisotopic (exact) mass is 461 g/mol. The van der Waals surface area contributed by atoms with Crippen molar-refractivity contribution in [1.29, 1.82) is 0 Å². The van der Waals surface area contributed by atoms with Crippen LogP contribution < -0.4 is 5.32 Å². The number of hydrogen-bond donors (Lipinski definition) is 3. The van der Waals surface area contributed by atoms with E-state index < -0.39 is 17.8 Å². The molecule has 0 aliphatic heterocycles. The van der Waals surface area contributed by atoms with Crippen LogP contribution in [0.1, 0.15) is 53.1 Å². The Labute approximate surface area is 198 Å². The van der Waals surface area contributed by atoms with Crippen LogP contribution in [-0.2, 0) is 11.2 Å². The quantitative estimate of drug-likeness (QED) is 0.347. The molecule has 1 unspecified atom stereocenters. The van der Waals surface area contributed by atoms with Crippen molar-refractivity contribution < 1.29 is 24.2 Å². The Morgan fingerprint density at radius 3 is 2.44 bits per heavy atom. The number of phenolic OH excluding ortho intramolecular Hbond substituents is 1. The molecule has 0 radical (unpaired) electrons. The molecule has 0 saturated heterocycles. The number of carboxylic acids is 1. The maximum Gasteiger partial charge on any atom is 0.306 e. The van der Waals surface area contributed by atoms with Crippen LogP contribution in [0.3, 0.4) is 0 Å². The van der Waals surface area contributed by atoms with Gasteiger partial charge in [0.25, 0.3) is 5.91 Å². The lowest BCUT2D eigenvalue weighted by Crippen LogP contribution is -2.26.